The van der Waals surface area contributed by atoms with Crippen LogP contribution in [0.2, 0.25) is 0 Å². The topological polar surface area (TPSA) is 72.6 Å². The number of rotatable bonds is 6. The Morgan fingerprint density at radius 1 is 1.16 bits per heavy atom. The molecular weight excluding hydrogens is 432 g/mol. The zero-order valence-corrected chi connectivity index (χ0v) is 18.8. The molecule has 2 aliphatic heterocycles. The van der Waals surface area contributed by atoms with E-state index in [-0.39, 0.29) is 23.7 Å². The van der Waals surface area contributed by atoms with Crippen molar-refractivity contribution in [3.63, 3.8) is 0 Å². The van der Waals surface area contributed by atoms with Crippen molar-refractivity contribution in [1.29, 1.82) is 0 Å². The van der Waals surface area contributed by atoms with E-state index >= 15 is 0 Å². The molecule has 0 radical (unpaired) electrons. The molecule has 2 aromatic carbocycles. The van der Waals surface area contributed by atoms with Crippen LogP contribution in [0.25, 0.3) is 0 Å². The summed E-state index contributed by atoms with van der Waals surface area (Å²) in [4.78, 5) is 27.4. The molecule has 1 amide bonds. The lowest BCUT2D eigenvalue weighted by atomic mass is 10.0. The Hall–Kier alpha value is -2.54. The Bertz CT molecular complexity index is 955. The molecule has 1 unspecified atom stereocenters. The lowest BCUT2D eigenvalue weighted by Crippen LogP contribution is -2.68. The monoisotopic (exact) mass is 456 g/mol. The van der Waals surface area contributed by atoms with Gasteiger partial charge in [-0.05, 0) is 23.1 Å². The van der Waals surface area contributed by atoms with Crippen molar-refractivity contribution < 1.29 is 14.3 Å². The van der Waals surface area contributed by atoms with Crippen LogP contribution >= 0.6 is 24.2 Å². The number of nitrogens with two attached hydrogens (primary N) is 1. The van der Waals surface area contributed by atoms with Gasteiger partial charge in [0.2, 0.25) is 5.91 Å². The first-order valence-electron chi connectivity index (χ1n) is 10.0. The van der Waals surface area contributed by atoms with E-state index in [0.29, 0.717) is 11.4 Å². The molecule has 2 N–H and O–H groups in total. The number of fused-ring (bicyclic) bond motifs is 1. The first-order valence-corrected chi connectivity index (χ1v) is 11.1. The van der Waals surface area contributed by atoms with E-state index in [9.17, 15) is 9.59 Å². The highest BCUT2D eigenvalue weighted by molar-refractivity contribution is 8.00. The summed E-state index contributed by atoms with van der Waals surface area (Å²) in [6, 6.07) is 18.7. The molecular formula is C24H25ClN2O3S. The molecule has 2 heterocycles. The molecule has 1 saturated heterocycles. The molecule has 2 aliphatic rings. The number of halogens is 1. The number of carbonyl (C=O) groups is 2. The maximum absolute atomic E-state index is 13.4. The summed E-state index contributed by atoms with van der Waals surface area (Å²) < 4.78 is 6.03. The lowest BCUT2D eigenvalue weighted by molar-refractivity contribution is -0.153. The summed E-state index contributed by atoms with van der Waals surface area (Å²) >= 11 is 1.58. The van der Waals surface area contributed by atoms with Gasteiger partial charge < -0.3 is 10.5 Å². The van der Waals surface area contributed by atoms with Gasteiger partial charge in [0.1, 0.15) is 17.1 Å². The van der Waals surface area contributed by atoms with E-state index in [2.05, 4.69) is 0 Å². The average molecular weight is 457 g/mol. The van der Waals surface area contributed by atoms with Crippen molar-refractivity contribution in [3.8, 4) is 0 Å². The molecule has 162 valence electrons. The third-order valence-corrected chi connectivity index (χ3v) is 6.54. The summed E-state index contributed by atoms with van der Waals surface area (Å²) in [6.45, 7) is 2.03. The van der Waals surface area contributed by atoms with Gasteiger partial charge in [-0.2, -0.15) is 0 Å². The van der Waals surface area contributed by atoms with E-state index in [0.717, 1.165) is 23.1 Å². The minimum absolute atomic E-state index is 0. The molecule has 0 spiro atoms. The van der Waals surface area contributed by atoms with Crippen molar-refractivity contribution in [2.24, 2.45) is 5.73 Å². The summed E-state index contributed by atoms with van der Waals surface area (Å²) in [5.41, 5.74) is 8.81. The molecule has 7 heteroatoms. The number of allylic oxidation sites excluding steroid dienone is 2. The second-order valence-electron chi connectivity index (χ2n) is 7.23. The van der Waals surface area contributed by atoms with E-state index in [1.807, 2.05) is 79.7 Å². The number of thioether (sulfide) groups is 1. The maximum Gasteiger partial charge on any atom is 0.356 e. The quantitative estimate of drug-likeness (QED) is 0.521. The van der Waals surface area contributed by atoms with Crippen LogP contribution in [0.15, 0.2) is 84.1 Å². The van der Waals surface area contributed by atoms with Crippen molar-refractivity contribution in [2.75, 3.05) is 5.75 Å². The highest BCUT2D eigenvalue weighted by atomic mass is 35.5. The number of hydrogen-bond acceptors (Lipinski definition) is 5. The van der Waals surface area contributed by atoms with E-state index in [1.165, 1.54) is 4.90 Å². The highest BCUT2D eigenvalue weighted by Gasteiger charge is 2.52. The minimum Gasteiger partial charge on any atom is -0.448 e. The fourth-order valence-electron chi connectivity index (χ4n) is 3.66. The van der Waals surface area contributed by atoms with Crippen LogP contribution in [0.1, 0.15) is 30.6 Å². The number of ether oxygens (including phenoxy) is 1. The van der Waals surface area contributed by atoms with Crippen LogP contribution in [0.3, 0.4) is 0 Å². The molecule has 2 aromatic rings. The Labute approximate surface area is 192 Å². The number of hydrogen-bond donors (Lipinski definition) is 1. The molecule has 1 fully saturated rings. The van der Waals surface area contributed by atoms with Gasteiger partial charge in [-0.15, -0.1) is 24.2 Å². The van der Waals surface area contributed by atoms with Crippen molar-refractivity contribution in [1.82, 2.24) is 4.90 Å². The summed E-state index contributed by atoms with van der Waals surface area (Å²) in [5.74, 6) is -0.128. The standard InChI is InChI=1S/C24H24N2O3S.ClH/c1-2-3-10-18-15-30-23-19(25)22(27)26(23)20(18)24(28)29-21(16-11-6-4-7-12-16)17-13-8-5-9-14-17;/h3-14,19,21,23H,2,15,25H2,1H3;1H/b10-3+;/t19?,23-;/m0./s1. The van der Waals surface area contributed by atoms with Gasteiger partial charge in [0.05, 0.1) is 0 Å². The molecule has 31 heavy (non-hydrogen) atoms. The number of β-lactam (4-membered cyclic amide) rings is 1. The van der Waals surface area contributed by atoms with Gasteiger partial charge in [0.25, 0.3) is 0 Å². The number of benzene rings is 2. The first-order chi connectivity index (χ1) is 14.6. The van der Waals surface area contributed by atoms with Crippen LogP contribution in [-0.4, -0.2) is 33.9 Å². The van der Waals surface area contributed by atoms with Gasteiger partial charge >= 0.3 is 5.97 Å². The highest BCUT2D eigenvalue weighted by Crippen LogP contribution is 2.41. The SMILES string of the molecule is CC/C=C/C1=C(C(=O)OC(c2ccccc2)c2ccccc2)N2C(=O)C(N)[C@@H]2SC1.Cl. The van der Waals surface area contributed by atoms with E-state index < -0.39 is 18.1 Å². The zero-order valence-electron chi connectivity index (χ0n) is 17.1. The Morgan fingerprint density at radius 3 is 2.29 bits per heavy atom. The zero-order chi connectivity index (χ0) is 21.1. The third-order valence-electron chi connectivity index (χ3n) is 5.22. The Balaban J connectivity index is 0.00000272. The summed E-state index contributed by atoms with van der Waals surface area (Å²) in [6.07, 6.45) is 4.17. The molecule has 0 aromatic heterocycles. The number of carbonyl (C=O) groups excluding carboxylic acids is 2. The minimum atomic E-state index is -0.575. The average Bonchev–Trinajstić information content (AvgIpc) is 2.81. The second-order valence-corrected chi connectivity index (χ2v) is 8.33. The van der Waals surface area contributed by atoms with Crippen LogP contribution in [0.5, 0.6) is 0 Å². The summed E-state index contributed by atoms with van der Waals surface area (Å²) in [5, 5.41) is -0.217. The third kappa shape index (κ3) is 4.56. The lowest BCUT2D eigenvalue weighted by Gasteiger charge is -2.48. The van der Waals surface area contributed by atoms with Crippen LogP contribution in [0, 0.1) is 0 Å². The van der Waals surface area contributed by atoms with Crippen LogP contribution in [0.4, 0.5) is 0 Å². The number of esters is 1. The van der Waals surface area contributed by atoms with Crippen molar-refractivity contribution in [2.45, 2.75) is 30.9 Å². The van der Waals surface area contributed by atoms with Gasteiger partial charge in [0.15, 0.2) is 6.10 Å². The Morgan fingerprint density at radius 2 is 1.74 bits per heavy atom. The first kappa shape index (κ1) is 23.1. The van der Waals surface area contributed by atoms with E-state index in [1.54, 1.807) is 11.8 Å². The van der Waals surface area contributed by atoms with Crippen molar-refractivity contribution in [3.05, 3.63) is 95.2 Å². The van der Waals surface area contributed by atoms with E-state index in [4.69, 9.17) is 10.5 Å². The largest absolute Gasteiger partial charge is 0.448 e. The van der Waals surface area contributed by atoms with Crippen molar-refractivity contribution >= 4 is 36.0 Å². The number of amides is 1. The molecule has 0 bridgehead atoms. The number of nitrogens with zero attached hydrogens (tertiary/aromatic N) is 1. The molecule has 0 aliphatic carbocycles. The summed E-state index contributed by atoms with van der Waals surface area (Å²) in [7, 11) is 0. The Kier molecular flexibility index (Phi) is 7.59. The molecule has 5 nitrogen and oxygen atoms in total. The second kappa shape index (κ2) is 10.2. The van der Waals surface area contributed by atoms with Gasteiger partial charge in [-0.1, -0.05) is 79.7 Å². The van der Waals surface area contributed by atoms with Gasteiger partial charge in [-0.3, -0.25) is 9.69 Å². The fraction of sp³-hybridized carbons (Fsp3) is 0.250. The molecule has 0 saturated carbocycles. The van der Waals surface area contributed by atoms with Gasteiger partial charge in [-0.25, -0.2) is 4.79 Å². The smallest absolute Gasteiger partial charge is 0.356 e. The molecule has 2 atom stereocenters. The fourth-order valence-corrected chi connectivity index (χ4v) is 4.93. The van der Waals surface area contributed by atoms with Gasteiger partial charge in [0, 0.05) is 5.75 Å². The molecule has 4 rings (SSSR count). The normalized spacial score (nSPS) is 20.4. The van der Waals surface area contributed by atoms with Crippen LogP contribution < -0.4 is 5.73 Å². The predicted octanol–water partition coefficient (Wildman–Crippen LogP) is 4.20. The van der Waals surface area contributed by atoms with Crippen LogP contribution in [-0.2, 0) is 14.3 Å². The predicted molar refractivity (Wildman–Crippen MR) is 126 cm³/mol. The maximum atomic E-state index is 13.4.